The maximum absolute atomic E-state index is 2.39. The topological polar surface area (TPSA) is 4.93 Å². The molecule has 0 saturated heterocycles. The normalized spacial score (nSPS) is 18.1. The fraction of sp³-hybridized carbons (Fsp3) is 0.118. The first-order chi connectivity index (χ1) is 9.92. The van der Waals surface area contributed by atoms with E-state index in [1.807, 2.05) is 0 Å². The maximum Gasteiger partial charge on any atom is -1.00 e. The van der Waals surface area contributed by atoms with Crippen LogP contribution >= 0.6 is 8.35 Å². The summed E-state index contributed by atoms with van der Waals surface area (Å²) in [6, 6.07) is 11.0. The quantitative estimate of drug-likeness (QED) is 0.604. The van der Waals surface area contributed by atoms with Crippen molar-refractivity contribution in [2.24, 2.45) is 0 Å². The van der Waals surface area contributed by atoms with Crippen LogP contribution in [0.1, 0.15) is 21.8 Å². The molecule has 1 unspecified atom stereocenters. The van der Waals surface area contributed by atoms with Crippen LogP contribution in [0.5, 0.6) is 0 Å². The number of hydrogen-bond acceptors (Lipinski definition) is 0. The summed E-state index contributed by atoms with van der Waals surface area (Å²) in [5.74, 6) is 2.21. The van der Waals surface area contributed by atoms with E-state index in [2.05, 4.69) is 71.0 Å². The summed E-state index contributed by atoms with van der Waals surface area (Å²) in [5, 5.41) is 0. The van der Waals surface area contributed by atoms with E-state index < -0.39 is 0 Å². The van der Waals surface area contributed by atoms with Crippen LogP contribution in [0, 0.1) is 0 Å². The number of fused-ring (bicyclic) bond motifs is 1. The molecule has 0 bridgehead atoms. The molecule has 1 nitrogen and oxygen atoms in total. The van der Waals surface area contributed by atoms with Crippen molar-refractivity contribution in [2.45, 2.75) is 10.6 Å². The number of aromatic nitrogens is 1. The second kappa shape index (κ2) is 7.82. The second-order valence-corrected chi connectivity index (χ2v) is 8.37. The Labute approximate surface area is 154 Å². The fourth-order valence-corrected chi connectivity index (χ4v) is 6.23. The minimum Gasteiger partial charge on any atom is -1.00 e. The Hall–Kier alpha value is -0.556. The summed E-state index contributed by atoms with van der Waals surface area (Å²) in [7, 11) is 1.28. The first-order valence-corrected chi connectivity index (χ1v) is 9.44. The van der Waals surface area contributed by atoms with Crippen molar-refractivity contribution in [2.75, 3.05) is 0 Å². The van der Waals surface area contributed by atoms with Crippen molar-refractivity contribution in [1.29, 1.82) is 0 Å². The third-order valence-corrected chi connectivity index (χ3v) is 7.25. The van der Waals surface area contributed by atoms with E-state index in [0.29, 0.717) is 4.22 Å². The molecule has 1 aromatic heterocycles. The predicted molar refractivity (Wildman–Crippen MR) is 82.1 cm³/mol. The zero-order chi connectivity index (χ0) is 13.4. The Balaban J connectivity index is 0.000000882. The van der Waals surface area contributed by atoms with Crippen LogP contribution in [0.15, 0.2) is 64.4 Å². The van der Waals surface area contributed by atoms with Crippen LogP contribution in [0.3, 0.4) is 0 Å². The van der Waals surface area contributed by atoms with Crippen molar-refractivity contribution in [1.82, 2.24) is 4.33 Å². The van der Waals surface area contributed by atoms with E-state index in [0.717, 1.165) is 0 Å². The van der Waals surface area contributed by atoms with Gasteiger partial charge in [0.25, 0.3) is 0 Å². The third kappa shape index (κ3) is 3.35. The molecule has 0 radical (unpaired) electrons. The fourth-order valence-electron chi connectivity index (χ4n) is 2.82. The molecular formula is C17H14Cl2NPTi. The van der Waals surface area contributed by atoms with Crippen molar-refractivity contribution >= 4 is 20.1 Å². The molecule has 0 aliphatic heterocycles. The first kappa shape index (κ1) is 17.8. The standard InChI is InChI=1S/C12H9NP.C5H5.2ClH.Ti/c1-2-5-11-9-12(8-10(11)4-1)13-6-3-7-14-13;1-2-4-5-3-1;;;/h1-9H;1-3H,4H2;2*1H;/q;;;;+2/p-2. The number of halogens is 2. The van der Waals surface area contributed by atoms with Gasteiger partial charge in [-0.3, -0.25) is 0 Å². The molecule has 1 atom stereocenters. The molecule has 0 fully saturated rings. The molecule has 0 spiro atoms. The van der Waals surface area contributed by atoms with Gasteiger partial charge >= 0.3 is 130 Å². The smallest absolute Gasteiger partial charge is 1.00 e. The van der Waals surface area contributed by atoms with Crippen molar-refractivity contribution in [3.8, 4) is 0 Å². The van der Waals surface area contributed by atoms with Gasteiger partial charge in [0.05, 0.1) is 0 Å². The molecule has 1 heterocycles. The van der Waals surface area contributed by atoms with Gasteiger partial charge in [0.1, 0.15) is 0 Å². The third-order valence-electron chi connectivity index (χ3n) is 3.78. The van der Waals surface area contributed by atoms with Gasteiger partial charge in [-0.05, 0) is 0 Å². The summed E-state index contributed by atoms with van der Waals surface area (Å²) in [4.78, 5) is 0. The van der Waals surface area contributed by atoms with Crippen LogP contribution in [0.2, 0.25) is 0 Å². The van der Waals surface area contributed by atoms with Gasteiger partial charge in [-0.1, -0.05) is 0 Å². The average molecular weight is 382 g/mol. The van der Waals surface area contributed by atoms with E-state index in [1.54, 1.807) is 3.88 Å². The Morgan fingerprint density at radius 3 is 2.73 bits per heavy atom. The van der Waals surface area contributed by atoms with E-state index in [1.165, 1.54) is 31.6 Å². The number of hydrogen-bond donors (Lipinski definition) is 0. The van der Waals surface area contributed by atoms with Crippen molar-refractivity contribution in [3.63, 3.8) is 0 Å². The van der Waals surface area contributed by atoms with Crippen LogP contribution in [0.4, 0.5) is 0 Å². The minimum atomic E-state index is -0.147. The largest absolute Gasteiger partial charge is 1.00 e. The van der Waals surface area contributed by atoms with Gasteiger partial charge in [-0.15, -0.1) is 0 Å². The summed E-state index contributed by atoms with van der Waals surface area (Å²) in [5.41, 5.74) is 4.44. The Bertz CT molecular complexity index is 735. The molecule has 5 heteroatoms. The zero-order valence-electron chi connectivity index (χ0n) is 11.8. The molecule has 110 valence electrons. The number of rotatable bonds is 3. The number of benzene rings is 1. The first-order valence-electron chi connectivity index (χ1n) is 6.84. The summed E-state index contributed by atoms with van der Waals surface area (Å²) in [6.07, 6.45) is 12.6. The van der Waals surface area contributed by atoms with E-state index in [9.17, 15) is 0 Å². The van der Waals surface area contributed by atoms with E-state index in [4.69, 9.17) is 0 Å². The van der Waals surface area contributed by atoms with E-state index >= 15 is 0 Å². The molecule has 1 aromatic carbocycles. The predicted octanol–water partition coefficient (Wildman–Crippen LogP) is -0.945. The van der Waals surface area contributed by atoms with Gasteiger partial charge in [0, 0.05) is 0 Å². The molecule has 0 saturated carbocycles. The zero-order valence-corrected chi connectivity index (χ0v) is 15.8. The molecule has 0 N–H and O–H groups in total. The van der Waals surface area contributed by atoms with E-state index in [-0.39, 0.29) is 44.0 Å². The molecule has 2 aliphatic carbocycles. The molecule has 2 aliphatic rings. The molecule has 2 aromatic rings. The van der Waals surface area contributed by atoms with Crippen LogP contribution < -0.4 is 24.8 Å². The van der Waals surface area contributed by atoms with Crippen LogP contribution in [-0.2, 0) is 19.2 Å². The molecular weight excluding hydrogens is 368 g/mol. The Morgan fingerprint density at radius 1 is 1.14 bits per heavy atom. The van der Waals surface area contributed by atoms with Gasteiger partial charge < -0.3 is 24.8 Å². The number of allylic oxidation sites excluding steroid dienone is 5. The van der Waals surface area contributed by atoms with Gasteiger partial charge in [0.15, 0.2) is 0 Å². The minimum absolute atomic E-state index is 0. The molecule has 22 heavy (non-hydrogen) atoms. The molecule has 4 rings (SSSR count). The Kier molecular flexibility index (Phi) is 6.32. The summed E-state index contributed by atoms with van der Waals surface area (Å²) in [6.45, 7) is 0. The van der Waals surface area contributed by atoms with Crippen molar-refractivity contribution < 1.29 is 44.0 Å². The Morgan fingerprint density at radius 2 is 2.00 bits per heavy atom. The van der Waals surface area contributed by atoms with Gasteiger partial charge in [-0.25, -0.2) is 0 Å². The second-order valence-electron chi connectivity index (χ2n) is 5.05. The summed E-state index contributed by atoms with van der Waals surface area (Å²) >= 11 is -0.147. The van der Waals surface area contributed by atoms with Crippen LogP contribution in [-0.4, -0.2) is 4.33 Å². The molecule has 0 amide bonds. The van der Waals surface area contributed by atoms with Crippen LogP contribution in [0.25, 0.3) is 11.8 Å². The average Bonchev–Trinajstić information content (AvgIpc) is 3.19. The SMILES string of the molecule is C1=CC[C]([Ti+2][CH]2C(n3cccp3)=Cc3ccccc32)=C1.[Cl-].[Cl-]. The monoisotopic (exact) mass is 381 g/mol. The van der Waals surface area contributed by atoms with Gasteiger partial charge in [-0.2, -0.15) is 0 Å². The van der Waals surface area contributed by atoms with Crippen molar-refractivity contribution in [3.05, 3.63) is 75.6 Å². The van der Waals surface area contributed by atoms with Gasteiger partial charge in [0.2, 0.25) is 0 Å². The maximum atomic E-state index is 2.39. The number of nitrogens with zero attached hydrogens (tertiary/aromatic N) is 1. The summed E-state index contributed by atoms with van der Waals surface area (Å²) < 4.78 is 4.68.